The number of benzene rings is 3. The van der Waals surface area contributed by atoms with E-state index in [4.69, 9.17) is 4.74 Å². The van der Waals surface area contributed by atoms with Gasteiger partial charge in [-0.1, -0.05) is 55.8 Å². The molecule has 0 aliphatic carbocycles. The molecule has 0 spiro atoms. The van der Waals surface area contributed by atoms with Gasteiger partial charge in [-0.2, -0.15) is 5.10 Å². The molecule has 5 heteroatoms. The molecule has 188 valence electrons. The fourth-order valence-electron chi connectivity index (χ4n) is 4.53. The molecular formula is C31H37N3O2. The van der Waals surface area contributed by atoms with Crippen LogP contribution in [-0.4, -0.2) is 36.7 Å². The number of amides is 1. The fraction of sp³-hybridized carbons (Fsp3) is 0.355. The Morgan fingerprint density at radius 1 is 0.972 bits per heavy atom. The second kappa shape index (κ2) is 13.6. The zero-order chi connectivity index (χ0) is 25.0. The number of hydrogen-bond donors (Lipinski definition) is 1. The van der Waals surface area contributed by atoms with Crippen LogP contribution in [0.1, 0.15) is 59.7 Å². The molecule has 0 saturated carbocycles. The van der Waals surface area contributed by atoms with Crippen LogP contribution in [-0.2, 0) is 13.0 Å². The van der Waals surface area contributed by atoms with Crippen molar-refractivity contribution in [2.24, 2.45) is 11.0 Å². The number of rotatable bonds is 11. The molecule has 4 rings (SSSR count). The Kier molecular flexibility index (Phi) is 9.69. The lowest BCUT2D eigenvalue weighted by atomic mass is 9.90. The number of unbranched alkanes of at least 4 members (excludes halogenated alkanes) is 1. The number of carbonyl (C=O) groups is 1. The first kappa shape index (κ1) is 25.6. The SMILES string of the molecule is CCCCOc1ccc(/C=N\NC(=O)c2ccc(CN3CCC(Cc4ccccc4)CC3)cc2)cc1. The van der Waals surface area contributed by atoms with E-state index in [-0.39, 0.29) is 5.91 Å². The van der Waals surface area contributed by atoms with Crippen molar-refractivity contribution < 1.29 is 9.53 Å². The van der Waals surface area contributed by atoms with Gasteiger partial charge in [0.2, 0.25) is 0 Å². The van der Waals surface area contributed by atoms with Gasteiger partial charge in [0.25, 0.3) is 5.91 Å². The Bertz CT molecular complexity index is 1090. The van der Waals surface area contributed by atoms with Crippen LogP contribution < -0.4 is 10.2 Å². The minimum absolute atomic E-state index is 0.209. The Morgan fingerprint density at radius 3 is 2.39 bits per heavy atom. The van der Waals surface area contributed by atoms with Crippen molar-refractivity contribution in [2.45, 2.75) is 45.6 Å². The maximum Gasteiger partial charge on any atom is 0.271 e. The molecule has 1 N–H and O–H groups in total. The second-order valence-corrected chi connectivity index (χ2v) is 9.58. The van der Waals surface area contributed by atoms with Crippen LogP contribution in [0.3, 0.4) is 0 Å². The van der Waals surface area contributed by atoms with E-state index < -0.39 is 0 Å². The number of ether oxygens (including phenoxy) is 1. The Hall–Kier alpha value is -3.44. The third-order valence-corrected chi connectivity index (χ3v) is 6.72. The molecule has 0 bridgehead atoms. The van der Waals surface area contributed by atoms with Crippen LogP contribution in [0.15, 0.2) is 84.0 Å². The Balaban J connectivity index is 1.19. The van der Waals surface area contributed by atoms with E-state index in [2.05, 4.69) is 52.7 Å². The van der Waals surface area contributed by atoms with Crippen molar-refractivity contribution >= 4 is 12.1 Å². The van der Waals surface area contributed by atoms with E-state index in [1.54, 1.807) is 6.21 Å². The van der Waals surface area contributed by atoms with E-state index in [1.165, 1.54) is 30.4 Å². The summed E-state index contributed by atoms with van der Waals surface area (Å²) in [5.74, 6) is 1.41. The summed E-state index contributed by atoms with van der Waals surface area (Å²) in [6, 6.07) is 26.4. The topological polar surface area (TPSA) is 53.9 Å². The van der Waals surface area contributed by atoms with Gasteiger partial charge in [0, 0.05) is 12.1 Å². The molecule has 1 heterocycles. The largest absolute Gasteiger partial charge is 0.494 e. The molecule has 5 nitrogen and oxygen atoms in total. The molecule has 1 saturated heterocycles. The molecule has 36 heavy (non-hydrogen) atoms. The van der Waals surface area contributed by atoms with E-state index in [0.717, 1.165) is 56.3 Å². The van der Waals surface area contributed by atoms with Gasteiger partial charge in [-0.25, -0.2) is 5.43 Å². The van der Waals surface area contributed by atoms with Gasteiger partial charge in [-0.15, -0.1) is 0 Å². The first-order chi connectivity index (χ1) is 17.7. The lowest BCUT2D eigenvalue weighted by molar-refractivity contribution is 0.0955. The molecule has 1 fully saturated rings. The van der Waals surface area contributed by atoms with Crippen molar-refractivity contribution in [2.75, 3.05) is 19.7 Å². The van der Waals surface area contributed by atoms with Crippen molar-refractivity contribution in [3.63, 3.8) is 0 Å². The van der Waals surface area contributed by atoms with Crippen LogP contribution in [0, 0.1) is 5.92 Å². The number of nitrogens with zero attached hydrogens (tertiary/aromatic N) is 2. The van der Waals surface area contributed by atoms with E-state index >= 15 is 0 Å². The lowest BCUT2D eigenvalue weighted by Gasteiger charge is -2.32. The molecule has 0 radical (unpaired) electrons. The number of piperidine rings is 1. The van der Waals surface area contributed by atoms with E-state index in [9.17, 15) is 4.79 Å². The smallest absolute Gasteiger partial charge is 0.271 e. The minimum atomic E-state index is -0.209. The van der Waals surface area contributed by atoms with Gasteiger partial charge in [-0.3, -0.25) is 9.69 Å². The summed E-state index contributed by atoms with van der Waals surface area (Å²) in [4.78, 5) is 15.0. The maximum absolute atomic E-state index is 12.5. The highest BCUT2D eigenvalue weighted by Crippen LogP contribution is 2.23. The third kappa shape index (κ3) is 8.06. The van der Waals surface area contributed by atoms with Crippen LogP contribution in [0.4, 0.5) is 0 Å². The molecule has 1 aliphatic rings. The maximum atomic E-state index is 12.5. The quantitative estimate of drug-likeness (QED) is 0.204. The molecule has 0 atom stereocenters. The lowest BCUT2D eigenvalue weighted by Crippen LogP contribution is -2.33. The summed E-state index contributed by atoms with van der Waals surface area (Å²) in [6.07, 6.45) is 7.46. The zero-order valence-corrected chi connectivity index (χ0v) is 21.2. The first-order valence-electron chi connectivity index (χ1n) is 13.1. The van der Waals surface area contributed by atoms with E-state index in [1.807, 2.05) is 48.5 Å². The van der Waals surface area contributed by atoms with Crippen LogP contribution in [0.2, 0.25) is 0 Å². The highest BCUT2D eigenvalue weighted by atomic mass is 16.5. The molecule has 1 amide bonds. The van der Waals surface area contributed by atoms with Crippen LogP contribution >= 0.6 is 0 Å². The molecule has 0 unspecified atom stereocenters. The van der Waals surface area contributed by atoms with Gasteiger partial charge in [-0.05, 0) is 97.8 Å². The second-order valence-electron chi connectivity index (χ2n) is 9.58. The molecule has 1 aliphatic heterocycles. The molecule has 3 aromatic carbocycles. The highest BCUT2D eigenvalue weighted by Gasteiger charge is 2.19. The Labute approximate surface area is 215 Å². The average Bonchev–Trinajstić information content (AvgIpc) is 2.92. The number of likely N-dealkylation sites (tertiary alicyclic amines) is 1. The van der Waals surface area contributed by atoms with Gasteiger partial charge in [0.1, 0.15) is 5.75 Å². The van der Waals surface area contributed by atoms with Gasteiger partial charge in [0.15, 0.2) is 0 Å². The summed E-state index contributed by atoms with van der Waals surface area (Å²) < 4.78 is 5.67. The van der Waals surface area contributed by atoms with Gasteiger partial charge in [0.05, 0.1) is 12.8 Å². The summed E-state index contributed by atoms with van der Waals surface area (Å²) in [5, 5.41) is 4.10. The van der Waals surface area contributed by atoms with Crippen molar-refractivity contribution in [3.8, 4) is 5.75 Å². The number of nitrogens with one attached hydrogen (secondary N) is 1. The van der Waals surface area contributed by atoms with Crippen molar-refractivity contribution in [3.05, 3.63) is 101 Å². The predicted molar refractivity (Wildman–Crippen MR) is 146 cm³/mol. The fourth-order valence-corrected chi connectivity index (χ4v) is 4.53. The first-order valence-corrected chi connectivity index (χ1v) is 13.1. The van der Waals surface area contributed by atoms with Gasteiger partial charge >= 0.3 is 0 Å². The average molecular weight is 484 g/mol. The van der Waals surface area contributed by atoms with Crippen LogP contribution in [0.5, 0.6) is 5.75 Å². The minimum Gasteiger partial charge on any atom is -0.494 e. The molecule has 0 aromatic heterocycles. The summed E-state index contributed by atoms with van der Waals surface area (Å²) in [5.41, 5.74) is 6.81. The molecular weight excluding hydrogens is 446 g/mol. The standard InChI is InChI=1S/C31H37N3O2/c1-2-3-21-36-30-15-11-27(12-16-30)23-32-33-31(35)29-13-9-28(10-14-29)24-34-19-17-26(18-20-34)22-25-7-5-4-6-8-25/h4-16,23,26H,2-3,17-22,24H2,1H3,(H,33,35)/b32-23-. The Morgan fingerprint density at radius 2 is 1.69 bits per heavy atom. The van der Waals surface area contributed by atoms with E-state index in [0.29, 0.717) is 5.56 Å². The summed E-state index contributed by atoms with van der Waals surface area (Å²) >= 11 is 0. The zero-order valence-electron chi connectivity index (χ0n) is 21.2. The molecule has 3 aromatic rings. The van der Waals surface area contributed by atoms with Crippen molar-refractivity contribution in [1.82, 2.24) is 10.3 Å². The number of carbonyl (C=O) groups excluding carboxylic acids is 1. The highest BCUT2D eigenvalue weighted by molar-refractivity contribution is 5.94. The van der Waals surface area contributed by atoms with Crippen molar-refractivity contribution in [1.29, 1.82) is 0 Å². The summed E-state index contributed by atoms with van der Waals surface area (Å²) in [7, 11) is 0. The third-order valence-electron chi connectivity index (χ3n) is 6.72. The predicted octanol–water partition coefficient (Wildman–Crippen LogP) is 6.08. The van der Waals surface area contributed by atoms with Crippen LogP contribution in [0.25, 0.3) is 0 Å². The van der Waals surface area contributed by atoms with Gasteiger partial charge < -0.3 is 4.74 Å². The number of hydrazone groups is 1. The normalized spacial score (nSPS) is 14.7. The summed E-state index contributed by atoms with van der Waals surface area (Å²) in [6.45, 7) is 6.05. The monoisotopic (exact) mass is 483 g/mol. The number of hydrogen-bond acceptors (Lipinski definition) is 4.